The monoisotopic (exact) mass is 318 g/mol. The largest absolute Gasteiger partial charge is 0.354 e. The summed E-state index contributed by atoms with van der Waals surface area (Å²) in [7, 11) is 0. The van der Waals surface area contributed by atoms with Crippen LogP contribution < -0.4 is 10.9 Å². The van der Waals surface area contributed by atoms with Gasteiger partial charge >= 0.3 is 5.92 Å². The predicted octanol–water partition coefficient (Wildman–Crippen LogP) is 1.78. The maximum Gasteiger partial charge on any atom is 0.300 e. The molecule has 0 saturated carbocycles. The molecule has 120 valence electrons. The summed E-state index contributed by atoms with van der Waals surface area (Å²) in [4.78, 5) is 17.7. The number of anilines is 1. The molecule has 1 N–H and O–H groups in total. The molecule has 2 aliphatic heterocycles. The molecule has 0 saturated heterocycles. The average Bonchev–Trinajstić information content (AvgIpc) is 2.95. The molecule has 0 bridgehead atoms. The maximum absolute atomic E-state index is 14.7. The van der Waals surface area contributed by atoms with Gasteiger partial charge in [-0.1, -0.05) is 30.3 Å². The fraction of sp³-hybridized carbons (Fsp3) is 0.375. The van der Waals surface area contributed by atoms with Crippen molar-refractivity contribution in [3.05, 3.63) is 57.5 Å². The number of hydrogen-bond donors (Lipinski definition) is 1. The number of fused-ring (bicyclic) bond motifs is 3. The predicted molar refractivity (Wildman–Crippen MR) is 81.4 cm³/mol. The minimum absolute atomic E-state index is 0.115. The lowest BCUT2D eigenvalue weighted by Crippen LogP contribution is -2.45. The van der Waals surface area contributed by atoms with Gasteiger partial charge in [0.05, 0.1) is 12.1 Å². The summed E-state index contributed by atoms with van der Waals surface area (Å²) in [6.07, 6.45) is 0. The van der Waals surface area contributed by atoms with Crippen molar-refractivity contribution in [1.29, 1.82) is 0 Å². The molecule has 1 aromatic heterocycles. The van der Waals surface area contributed by atoms with Crippen LogP contribution in [-0.4, -0.2) is 27.5 Å². The number of halogens is 2. The number of benzene rings is 1. The standard InChI is InChI=1S/C16H16F2N4O/c17-16(18)10-21(8-11-4-2-1-3-5-11)9-12-13(16)22-7-6-19-15(22)20-14(12)23/h1-5H,6-10H2,(H,19,20,23). The topological polar surface area (TPSA) is 50.2 Å². The Bertz CT molecular complexity index is 804. The van der Waals surface area contributed by atoms with Crippen molar-refractivity contribution in [2.45, 2.75) is 25.6 Å². The summed E-state index contributed by atoms with van der Waals surface area (Å²) in [5, 5.41) is 2.88. The minimum Gasteiger partial charge on any atom is -0.354 e. The normalized spacial score (nSPS) is 19.0. The first-order chi connectivity index (χ1) is 11.0. The van der Waals surface area contributed by atoms with Gasteiger partial charge in [0.25, 0.3) is 5.56 Å². The van der Waals surface area contributed by atoms with E-state index < -0.39 is 18.0 Å². The van der Waals surface area contributed by atoms with E-state index in [1.54, 1.807) is 4.90 Å². The third-order valence-electron chi connectivity index (χ3n) is 4.29. The molecule has 23 heavy (non-hydrogen) atoms. The third kappa shape index (κ3) is 2.41. The summed E-state index contributed by atoms with van der Waals surface area (Å²) in [6, 6.07) is 9.42. The summed E-state index contributed by atoms with van der Waals surface area (Å²) >= 11 is 0. The number of hydrogen-bond acceptors (Lipinski definition) is 4. The highest BCUT2D eigenvalue weighted by atomic mass is 19.3. The summed E-state index contributed by atoms with van der Waals surface area (Å²) < 4.78 is 30.9. The molecule has 0 radical (unpaired) electrons. The molecule has 0 fully saturated rings. The Morgan fingerprint density at radius 3 is 2.83 bits per heavy atom. The van der Waals surface area contributed by atoms with Gasteiger partial charge in [0.1, 0.15) is 5.69 Å². The number of nitrogens with zero attached hydrogens (tertiary/aromatic N) is 3. The van der Waals surface area contributed by atoms with Crippen LogP contribution in [0.4, 0.5) is 14.7 Å². The highest BCUT2D eigenvalue weighted by Gasteiger charge is 2.45. The third-order valence-corrected chi connectivity index (χ3v) is 4.29. The fourth-order valence-corrected chi connectivity index (χ4v) is 3.38. The van der Waals surface area contributed by atoms with Crippen LogP contribution in [0.2, 0.25) is 0 Å². The Balaban J connectivity index is 1.74. The lowest BCUT2D eigenvalue weighted by Gasteiger charge is -2.35. The molecular formula is C16H16F2N4O. The van der Waals surface area contributed by atoms with Crippen LogP contribution in [-0.2, 0) is 25.6 Å². The fourth-order valence-electron chi connectivity index (χ4n) is 3.38. The van der Waals surface area contributed by atoms with Gasteiger partial charge in [0.15, 0.2) is 0 Å². The first-order valence-corrected chi connectivity index (χ1v) is 7.57. The van der Waals surface area contributed by atoms with E-state index in [0.29, 0.717) is 19.6 Å². The van der Waals surface area contributed by atoms with Crippen molar-refractivity contribution in [2.75, 3.05) is 18.4 Å². The second-order valence-corrected chi connectivity index (χ2v) is 5.98. The smallest absolute Gasteiger partial charge is 0.300 e. The van der Waals surface area contributed by atoms with Crippen molar-refractivity contribution in [3.8, 4) is 0 Å². The molecule has 0 aliphatic carbocycles. The Morgan fingerprint density at radius 1 is 1.26 bits per heavy atom. The molecule has 0 unspecified atom stereocenters. The van der Waals surface area contributed by atoms with E-state index in [4.69, 9.17) is 0 Å². The van der Waals surface area contributed by atoms with Crippen molar-refractivity contribution in [3.63, 3.8) is 0 Å². The van der Waals surface area contributed by atoms with Gasteiger partial charge in [-0.25, -0.2) is 0 Å². The zero-order valence-corrected chi connectivity index (χ0v) is 12.4. The van der Waals surface area contributed by atoms with Gasteiger partial charge < -0.3 is 9.88 Å². The molecule has 0 atom stereocenters. The van der Waals surface area contributed by atoms with Crippen LogP contribution in [0.15, 0.2) is 35.1 Å². The minimum atomic E-state index is -3.06. The first-order valence-electron chi connectivity index (χ1n) is 7.57. The number of nitrogens with one attached hydrogen (secondary N) is 1. The molecule has 4 rings (SSSR count). The van der Waals surface area contributed by atoms with E-state index in [2.05, 4.69) is 10.3 Å². The van der Waals surface area contributed by atoms with Crippen LogP contribution >= 0.6 is 0 Å². The summed E-state index contributed by atoms with van der Waals surface area (Å²) in [5.74, 6) is -2.81. The Kier molecular flexibility index (Phi) is 3.19. The molecule has 0 amide bonds. The highest BCUT2D eigenvalue weighted by molar-refractivity contribution is 5.39. The second kappa shape index (κ2) is 5.13. The lowest BCUT2D eigenvalue weighted by molar-refractivity contribution is -0.0621. The van der Waals surface area contributed by atoms with E-state index in [0.717, 1.165) is 5.56 Å². The molecule has 1 aromatic carbocycles. The van der Waals surface area contributed by atoms with Crippen molar-refractivity contribution >= 4 is 5.95 Å². The van der Waals surface area contributed by atoms with E-state index in [1.165, 1.54) is 4.57 Å². The molecular weight excluding hydrogens is 302 g/mol. The van der Waals surface area contributed by atoms with Crippen LogP contribution in [0.3, 0.4) is 0 Å². The van der Waals surface area contributed by atoms with Gasteiger partial charge in [-0.05, 0) is 5.56 Å². The van der Waals surface area contributed by atoms with Crippen LogP contribution in [0.1, 0.15) is 16.8 Å². The van der Waals surface area contributed by atoms with Crippen LogP contribution in [0.5, 0.6) is 0 Å². The average molecular weight is 318 g/mol. The highest BCUT2D eigenvalue weighted by Crippen LogP contribution is 2.37. The van der Waals surface area contributed by atoms with Crippen molar-refractivity contribution in [1.82, 2.24) is 14.5 Å². The van der Waals surface area contributed by atoms with Crippen LogP contribution in [0, 0.1) is 0 Å². The zero-order chi connectivity index (χ0) is 16.0. The van der Waals surface area contributed by atoms with Gasteiger partial charge in [0.2, 0.25) is 5.95 Å². The van der Waals surface area contributed by atoms with Crippen molar-refractivity contribution in [2.24, 2.45) is 0 Å². The lowest BCUT2D eigenvalue weighted by atomic mass is 10.0. The van der Waals surface area contributed by atoms with E-state index >= 15 is 0 Å². The second-order valence-electron chi connectivity index (χ2n) is 5.98. The SMILES string of the molecule is O=c1nc2n(c3c1CN(Cc1ccccc1)CC3(F)F)CCN2. The number of aromatic nitrogens is 2. The van der Waals surface area contributed by atoms with E-state index in [1.807, 2.05) is 30.3 Å². The Labute approximate surface area is 131 Å². The maximum atomic E-state index is 14.7. The number of rotatable bonds is 2. The number of alkyl halides is 2. The molecule has 7 heteroatoms. The van der Waals surface area contributed by atoms with Gasteiger partial charge in [-0.2, -0.15) is 13.8 Å². The van der Waals surface area contributed by atoms with E-state index in [9.17, 15) is 13.6 Å². The molecule has 2 aliphatic rings. The molecule has 0 spiro atoms. The Hall–Kier alpha value is -2.28. The Morgan fingerprint density at radius 2 is 2.04 bits per heavy atom. The zero-order valence-electron chi connectivity index (χ0n) is 12.4. The van der Waals surface area contributed by atoms with Crippen LogP contribution in [0.25, 0.3) is 0 Å². The van der Waals surface area contributed by atoms with Gasteiger partial charge in [-0.15, -0.1) is 0 Å². The first kappa shape index (κ1) is 14.3. The quantitative estimate of drug-likeness (QED) is 0.917. The van der Waals surface area contributed by atoms with Crippen molar-refractivity contribution < 1.29 is 8.78 Å². The van der Waals surface area contributed by atoms with Gasteiger partial charge in [0, 0.05) is 26.2 Å². The summed E-state index contributed by atoms with van der Waals surface area (Å²) in [6.45, 7) is 1.13. The summed E-state index contributed by atoms with van der Waals surface area (Å²) in [5.41, 5.74) is 0.340. The molecule has 2 aromatic rings. The van der Waals surface area contributed by atoms with Gasteiger partial charge in [-0.3, -0.25) is 9.69 Å². The van der Waals surface area contributed by atoms with E-state index in [-0.39, 0.29) is 23.8 Å². The molecule has 3 heterocycles. The molecule has 5 nitrogen and oxygen atoms in total.